The van der Waals surface area contributed by atoms with Crippen LogP contribution in [0.4, 0.5) is 0 Å². The lowest BCUT2D eigenvalue weighted by Crippen LogP contribution is -2.66. The molecule has 2 aliphatic carbocycles. The van der Waals surface area contributed by atoms with Gasteiger partial charge in [-0.2, -0.15) is 0 Å². The zero-order valence-corrected chi connectivity index (χ0v) is 13.5. The molecule has 2 saturated carbocycles. The molecule has 3 nitrogen and oxygen atoms in total. The van der Waals surface area contributed by atoms with Crippen molar-refractivity contribution >= 4 is 5.97 Å². The van der Waals surface area contributed by atoms with Crippen molar-refractivity contribution in [3.05, 3.63) is 0 Å². The van der Waals surface area contributed by atoms with E-state index in [2.05, 4.69) is 19.2 Å². The molecule has 0 spiro atoms. The van der Waals surface area contributed by atoms with Gasteiger partial charge in [-0.05, 0) is 38.0 Å². The molecule has 0 amide bonds. The molecule has 2 fully saturated rings. The number of nitrogens with one attached hydrogen (secondary N) is 1. The average molecular weight is 281 g/mol. The maximum Gasteiger partial charge on any atom is 0.326 e. The Hall–Kier alpha value is -0.570. The largest absolute Gasteiger partial charge is 0.465 e. The van der Waals surface area contributed by atoms with Crippen LogP contribution in [0.3, 0.4) is 0 Å². The molecule has 0 heterocycles. The lowest BCUT2D eigenvalue weighted by Gasteiger charge is -2.50. The molecule has 1 atom stereocenters. The summed E-state index contributed by atoms with van der Waals surface area (Å²) in [5, 5.41) is 3.77. The molecule has 0 aliphatic heterocycles. The SMILES string of the molecule is CCOC(=O)C1(NC2CCCCC2)CCCCC1(C)C. The molecule has 0 radical (unpaired) electrons. The topological polar surface area (TPSA) is 38.3 Å². The Morgan fingerprint density at radius 3 is 2.35 bits per heavy atom. The van der Waals surface area contributed by atoms with Gasteiger partial charge in [-0.15, -0.1) is 0 Å². The third-order valence-electron chi connectivity index (χ3n) is 5.44. The molecular formula is C17H31NO2. The highest BCUT2D eigenvalue weighted by Gasteiger charge is 2.54. The minimum atomic E-state index is -0.469. The second-order valence-electron chi connectivity index (χ2n) is 7.20. The minimum absolute atomic E-state index is 0.0183. The molecule has 0 aromatic rings. The predicted molar refractivity (Wildman–Crippen MR) is 81.6 cm³/mol. The maximum atomic E-state index is 12.7. The van der Waals surface area contributed by atoms with Crippen LogP contribution in [0.25, 0.3) is 0 Å². The predicted octanol–water partition coefficient (Wildman–Crippen LogP) is 3.81. The molecule has 2 rings (SSSR count). The van der Waals surface area contributed by atoms with Gasteiger partial charge in [0.25, 0.3) is 0 Å². The van der Waals surface area contributed by atoms with Gasteiger partial charge < -0.3 is 4.74 Å². The Kier molecular flexibility index (Phi) is 5.11. The van der Waals surface area contributed by atoms with Crippen LogP contribution in [0.5, 0.6) is 0 Å². The Morgan fingerprint density at radius 2 is 1.75 bits per heavy atom. The van der Waals surface area contributed by atoms with E-state index in [1.54, 1.807) is 0 Å². The smallest absolute Gasteiger partial charge is 0.326 e. The van der Waals surface area contributed by atoms with Gasteiger partial charge in [0.1, 0.15) is 5.54 Å². The molecule has 0 aromatic carbocycles. The zero-order valence-electron chi connectivity index (χ0n) is 13.5. The average Bonchev–Trinajstić information content (AvgIpc) is 2.42. The summed E-state index contributed by atoms with van der Waals surface area (Å²) in [6, 6.07) is 0.491. The molecule has 0 bridgehead atoms. The standard InChI is InChI=1S/C17H31NO2/c1-4-20-15(19)17(13-9-8-12-16(17,2)3)18-14-10-6-5-7-11-14/h14,18H,4-13H2,1-3H3. The number of carbonyl (C=O) groups is 1. The molecule has 116 valence electrons. The van der Waals surface area contributed by atoms with Gasteiger partial charge in [0.2, 0.25) is 0 Å². The fourth-order valence-electron chi connectivity index (χ4n) is 4.06. The highest BCUT2D eigenvalue weighted by Crippen LogP contribution is 2.45. The van der Waals surface area contributed by atoms with E-state index in [1.165, 1.54) is 38.5 Å². The van der Waals surface area contributed by atoms with E-state index in [-0.39, 0.29) is 11.4 Å². The van der Waals surface area contributed by atoms with Crippen LogP contribution < -0.4 is 5.32 Å². The Morgan fingerprint density at radius 1 is 1.10 bits per heavy atom. The van der Waals surface area contributed by atoms with Gasteiger partial charge in [-0.25, -0.2) is 0 Å². The number of ether oxygens (including phenoxy) is 1. The second-order valence-corrected chi connectivity index (χ2v) is 7.20. The van der Waals surface area contributed by atoms with E-state index in [4.69, 9.17) is 4.74 Å². The summed E-state index contributed by atoms with van der Waals surface area (Å²) < 4.78 is 5.46. The van der Waals surface area contributed by atoms with Crippen molar-refractivity contribution in [3.63, 3.8) is 0 Å². The van der Waals surface area contributed by atoms with Crippen molar-refractivity contribution < 1.29 is 9.53 Å². The van der Waals surface area contributed by atoms with Crippen molar-refractivity contribution in [3.8, 4) is 0 Å². The molecule has 0 saturated heterocycles. The number of hydrogen-bond donors (Lipinski definition) is 1. The van der Waals surface area contributed by atoms with Crippen molar-refractivity contribution in [2.45, 2.75) is 90.1 Å². The fourth-order valence-corrected chi connectivity index (χ4v) is 4.06. The summed E-state index contributed by atoms with van der Waals surface area (Å²) in [7, 11) is 0. The van der Waals surface area contributed by atoms with Crippen LogP contribution in [0, 0.1) is 5.41 Å². The summed E-state index contributed by atoms with van der Waals surface area (Å²) in [6.07, 6.45) is 10.7. The van der Waals surface area contributed by atoms with E-state index in [9.17, 15) is 4.79 Å². The maximum absolute atomic E-state index is 12.7. The Bertz CT molecular complexity index is 334. The minimum Gasteiger partial charge on any atom is -0.465 e. The quantitative estimate of drug-likeness (QED) is 0.796. The first-order chi connectivity index (χ1) is 9.52. The molecular weight excluding hydrogens is 250 g/mol. The normalized spacial score (nSPS) is 30.9. The Balaban J connectivity index is 2.20. The highest BCUT2D eigenvalue weighted by atomic mass is 16.5. The summed E-state index contributed by atoms with van der Waals surface area (Å²) in [5.74, 6) is -0.0183. The molecule has 2 aliphatic rings. The third kappa shape index (κ3) is 3.03. The van der Waals surface area contributed by atoms with Crippen molar-refractivity contribution in [2.75, 3.05) is 6.61 Å². The number of rotatable bonds is 4. The van der Waals surface area contributed by atoms with Crippen LogP contribution in [-0.2, 0) is 9.53 Å². The number of carbonyl (C=O) groups excluding carboxylic acids is 1. The fraction of sp³-hybridized carbons (Fsp3) is 0.941. The van der Waals surface area contributed by atoms with Crippen molar-refractivity contribution in [1.82, 2.24) is 5.32 Å². The molecule has 0 aromatic heterocycles. The van der Waals surface area contributed by atoms with Crippen LogP contribution in [0.2, 0.25) is 0 Å². The monoisotopic (exact) mass is 281 g/mol. The van der Waals surface area contributed by atoms with E-state index < -0.39 is 5.54 Å². The first-order valence-electron chi connectivity index (χ1n) is 8.47. The van der Waals surface area contributed by atoms with Crippen LogP contribution in [0.15, 0.2) is 0 Å². The molecule has 1 N–H and O–H groups in total. The summed E-state index contributed by atoms with van der Waals surface area (Å²) in [5.41, 5.74) is -0.488. The molecule has 20 heavy (non-hydrogen) atoms. The van der Waals surface area contributed by atoms with Crippen LogP contribution in [-0.4, -0.2) is 24.2 Å². The van der Waals surface area contributed by atoms with E-state index in [0.29, 0.717) is 12.6 Å². The van der Waals surface area contributed by atoms with Gasteiger partial charge in [-0.3, -0.25) is 10.1 Å². The van der Waals surface area contributed by atoms with Crippen LogP contribution >= 0.6 is 0 Å². The van der Waals surface area contributed by atoms with Gasteiger partial charge in [-0.1, -0.05) is 46.0 Å². The summed E-state index contributed by atoms with van der Waals surface area (Å²) in [4.78, 5) is 12.7. The third-order valence-corrected chi connectivity index (χ3v) is 5.44. The van der Waals surface area contributed by atoms with E-state index >= 15 is 0 Å². The lowest BCUT2D eigenvalue weighted by atomic mass is 9.62. The molecule has 3 heteroatoms. The van der Waals surface area contributed by atoms with Gasteiger partial charge in [0.05, 0.1) is 6.61 Å². The van der Waals surface area contributed by atoms with Gasteiger partial charge in [0, 0.05) is 6.04 Å². The van der Waals surface area contributed by atoms with Gasteiger partial charge in [0.15, 0.2) is 0 Å². The zero-order chi connectivity index (χ0) is 14.6. The van der Waals surface area contributed by atoms with Crippen molar-refractivity contribution in [1.29, 1.82) is 0 Å². The first-order valence-corrected chi connectivity index (χ1v) is 8.47. The van der Waals surface area contributed by atoms with Crippen LogP contribution in [0.1, 0.15) is 78.6 Å². The van der Waals surface area contributed by atoms with Crippen molar-refractivity contribution in [2.24, 2.45) is 5.41 Å². The second kappa shape index (κ2) is 6.46. The highest BCUT2D eigenvalue weighted by molar-refractivity contribution is 5.82. The van der Waals surface area contributed by atoms with E-state index in [0.717, 1.165) is 19.3 Å². The number of hydrogen-bond acceptors (Lipinski definition) is 3. The van der Waals surface area contributed by atoms with Gasteiger partial charge >= 0.3 is 5.97 Å². The molecule has 1 unspecified atom stereocenters. The first kappa shape index (κ1) is 15.8. The number of esters is 1. The Labute approximate surface area is 123 Å². The summed E-state index contributed by atoms with van der Waals surface area (Å²) in [6.45, 7) is 6.85. The van der Waals surface area contributed by atoms with E-state index in [1.807, 2.05) is 6.92 Å². The lowest BCUT2D eigenvalue weighted by molar-refractivity contribution is -0.160. The summed E-state index contributed by atoms with van der Waals surface area (Å²) >= 11 is 0.